The lowest BCUT2D eigenvalue weighted by Crippen LogP contribution is -2.55. The Bertz CT molecular complexity index is 837. The van der Waals surface area contributed by atoms with Gasteiger partial charge in [0.05, 0.1) is 12.2 Å². The number of piperazine rings is 1. The quantitative estimate of drug-likeness (QED) is 0.542. The number of allylic oxidation sites excluding steroid dienone is 1. The van der Waals surface area contributed by atoms with Crippen molar-refractivity contribution in [3.8, 4) is 0 Å². The minimum absolute atomic E-state index is 0.0593. The number of nitrogens with zero attached hydrogens (tertiary/aromatic N) is 2. The fourth-order valence-corrected chi connectivity index (χ4v) is 4.18. The van der Waals surface area contributed by atoms with Gasteiger partial charge in [-0.05, 0) is 38.3 Å². The topological polar surface area (TPSA) is 76.2 Å². The summed E-state index contributed by atoms with van der Waals surface area (Å²) in [4.78, 5) is 42.0. The molecule has 0 aliphatic carbocycles. The number of carbonyl (C=O) groups is 3. The molecule has 7 nitrogen and oxygen atoms in total. The fourth-order valence-electron chi connectivity index (χ4n) is 3.56. The van der Waals surface area contributed by atoms with Crippen LogP contribution >= 0.6 is 11.3 Å². The molecule has 2 amide bonds. The molecule has 1 fully saturated rings. The Morgan fingerprint density at radius 2 is 1.93 bits per heavy atom. The fraction of sp³-hybridized carbons (Fsp3) is 0.476. The maximum atomic E-state index is 13.1. The molecule has 0 spiro atoms. The third-order valence-electron chi connectivity index (χ3n) is 5.10. The Hall–Kier alpha value is -2.61. The van der Waals surface area contributed by atoms with E-state index in [1.807, 2.05) is 23.6 Å². The minimum atomic E-state index is -1.11. The van der Waals surface area contributed by atoms with Gasteiger partial charge in [-0.25, -0.2) is 4.79 Å². The molecule has 1 unspecified atom stereocenters. The minimum Gasteiger partial charge on any atom is -0.481 e. The second kappa shape index (κ2) is 8.82. The summed E-state index contributed by atoms with van der Waals surface area (Å²) in [6, 6.07) is 3.89. The molecule has 1 aromatic rings. The maximum Gasteiger partial charge on any atom is 0.337 e. The number of amides is 2. The van der Waals surface area contributed by atoms with Gasteiger partial charge in [0.1, 0.15) is 5.76 Å². The molecule has 3 rings (SSSR count). The van der Waals surface area contributed by atoms with Crippen molar-refractivity contribution >= 4 is 35.2 Å². The molecule has 1 aromatic heterocycles. The summed E-state index contributed by atoms with van der Waals surface area (Å²) in [6.07, 6.45) is 3.58. The second-order valence-electron chi connectivity index (χ2n) is 7.23. The average molecular weight is 419 g/mol. The number of thiophene rings is 1. The van der Waals surface area contributed by atoms with Crippen LogP contribution in [0.5, 0.6) is 0 Å². The van der Waals surface area contributed by atoms with Crippen LogP contribution < -0.4 is 0 Å². The van der Waals surface area contributed by atoms with E-state index in [0.717, 1.165) is 4.88 Å². The van der Waals surface area contributed by atoms with Gasteiger partial charge >= 0.3 is 5.97 Å². The monoisotopic (exact) mass is 418 g/mol. The first-order chi connectivity index (χ1) is 13.8. The second-order valence-corrected chi connectivity index (χ2v) is 8.21. The van der Waals surface area contributed by atoms with E-state index in [-0.39, 0.29) is 24.8 Å². The highest BCUT2D eigenvalue weighted by Gasteiger charge is 2.47. The molecular formula is C21H26N2O5S. The van der Waals surface area contributed by atoms with Gasteiger partial charge in [-0.2, -0.15) is 0 Å². The molecule has 29 heavy (non-hydrogen) atoms. The molecule has 2 aliphatic heterocycles. The SMILES string of the molecule is CCOC(=O)C1=C(C)OC(C)(C(=O)N2CCN(C(=O)C=Cc3cccs3)CC2)C1. The third kappa shape index (κ3) is 4.70. The zero-order valence-corrected chi connectivity index (χ0v) is 17.8. The van der Waals surface area contributed by atoms with E-state index in [1.54, 1.807) is 48.0 Å². The summed E-state index contributed by atoms with van der Waals surface area (Å²) in [5, 5.41) is 1.96. The molecule has 0 bridgehead atoms. The van der Waals surface area contributed by atoms with Gasteiger partial charge < -0.3 is 19.3 Å². The van der Waals surface area contributed by atoms with E-state index >= 15 is 0 Å². The van der Waals surface area contributed by atoms with Crippen molar-refractivity contribution < 1.29 is 23.9 Å². The van der Waals surface area contributed by atoms with Gasteiger partial charge in [0.2, 0.25) is 5.91 Å². The number of hydrogen-bond donors (Lipinski definition) is 0. The zero-order chi connectivity index (χ0) is 21.0. The third-order valence-corrected chi connectivity index (χ3v) is 5.94. The highest BCUT2D eigenvalue weighted by atomic mass is 32.1. The van der Waals surface area contributed by atoms with Crippen LogP contribution in [0.3, 0.4) is 0 Å². The Labute approximate surface area is 174 Å². The first-order valence-electron chi connectivity index (χ1n) is 9.70. The lowest BCUT2D eigenvalue weighted by Gasteiger charge is -2.38. The molecule has 0 radical (unpaired) electrons. The number of rotatable bonds is 5. The zero-order valence-electron chi connectivity index (χ0n) is 17.0. The first-order valence-corrected chi connectivity index (χ1v) is 10.6. The van der Waals surface area contributed by atoms with E-state index < -0.39 is 11.6 Å². The van der Waals surface area contributed by atoms with Gasteiger partial charge in [-0.3, -0.25) is 9.59 Å². The highest BCUT2D eigenvalue weighted by molar-refractivity contribution is 7.10. The number of carbonyl (C=O) groups excluding carboxylic acids is 3. The number of hydrogen-bond acceptors (Lipinski definition) is 6. The van der Waals surface area contributed by atoms with Crippen molar-refractivity contribution in [3.05, 3.63) is 39.8 Å². The Kier molecular flexibility index (Phi) is 6.42. The summed E-state index contributed by atoms with van der Waals surface area (Å²) in [6.45, 7) is 7.20. The van der Waals surface area contributed by atoms with Crippen molar-refractivity contribution in [2.24, 2.45) is 0 Å². The summed E-state index contributed by atoms with van der Waals surface area (Å²) < 4.78 is 10.8. The van der Waals surface area contributed by atoms with Crippen molar-refractivity contribution in [2.75, 3.05) is 32.8 Å². The summed E-state index contributed by atoms with van der Waals surface area (Å²) >= 11 is 1.57. The Morgan fingerprint density at radius 3 is 2.55 bits per heavy atom. The van der Waals surface area contributed by atoms with Crippen LogP contribution in [0, 0.1) is 0 Å². The molecule has 2 aliphatic rings. The molecule has 0 N–H and O–H groups in total. The van der Waals surface area contributed by atoms with E-state index in [1.165, 1.54) is 0 Å². The summed E-state index contributed by atoms with van der Waals surface area (Å²) in [7, 11) is 0. The van der Waals surface area contributed by atoms with Crippen LogP contribution in [-0.2, 0) is 23.9 Å². The van der Waals surface area contributed by atoms with E-state index in [4.69, 9.17) is 9.47 Å². The number of ether oxygens (including phenoxy) is 2. The Morgan fingerprint density at radius 1 is 1.24 bits per heavy atom. The van der Waals surface area contributed by atoms with Crippen LogP contribution in [-0.4, -0.2) is 66.0 Å². The number of esters is 1. The molecule has 0 saturated carbocycles. The van der Waals surface area contributed by atoms with Gasteiger partial charge in [0, 0.05) is 43.6 Å². The van der Waals surface area contributed by atoms with Crippen LogP contribution in [0.25, 0.3) is 6.08 Å². The van der Waals surface area contributed by atoms with Crippen LogP contribution in [0.15, 0.2) is 34.9 Å². The van der Waals surface area contributed by atoms with Crippen LogP contribution in [0.2, 0.25) is 0 Å². The van der Waals surface area contributed by atoms with Gasteiger partial charge in [0.25, 0.3) is 5.91 Å². The van der Waals surface area contributed by atoms with E-state index in [2.05, 4.69) is 0 Å². The predicted octanol–water partition coefficient (Wildman–Crippen LogP) is 2.45. The molecule has 1 saturated heterocycles. The molecule has 0 aromatic carbocycles. The van der Waals surface area contributed by atoms with Crippen molar-refractivity contribution in [1.29, 1.82) is 0 Å². The molecular weight excluding hydrogens is 392 g/mol. The summed E-state index contributed by atoms with van der Waals surface area (Å²) in [5.41, 5.74) is -0.701. The summed E-state index contributed by atoms with van der Waals surface area (Å²) in [5.74, 6) is -0.227. The van der Waals surface area contributed by atoms with Crippen molar-refractivity contribution in [2.45, 2.75) is 32.8 Å². The van der Waals surface area contributed by atoms with Gasteiger partial charge in [-0.1, -0.05) is 6.07 Å². The van der Waals surface area contributed by atoms with Crippen molar-refractivity contribution in [1.82, 2.24) is 9.80 Å². The predicted molar refractivity (Wildman–Crippen MR) is 110 cm³/mol. The van der Waals surface area contributed by atoms with Gasteiger partial charge in [0.15, 0.2) is 5.60 Å². The van der Waals surface area contributed by atoms with Crippen molar-refractivity contribution in [3.63, 3.8) is 0 Å². The molecule has 1 atom stereocenters. The lowest BCUT2D eigenvalue weighted by molar-refractivity contribution is -0.152. The van der Waals surface area contributed by atoms with E-state index in [0.29, 0.717) is 37.5 Å². The van der Waals surface area contributed by atoms with E-state index in [9.17, 15) is 14.4 Å². The molecule has 3 heterocycles. The van der Waals surface area contributed by atoms with Crippen LogP contribution in [0.1, 0.15) is 32.1 Å². The maximum absolute atomic E-state index is 13.1. The standard InChI is InChI=1S/C21H26N2O5S/c1-4-27-19(25)17-14-21(3,28-15(17)2)20(26)23-11-9-22(10-12-23)18(24)8-7-16-6-5-13-29-16/h5-8,13H,4,9-12,14H2,1-3H3. The molecule has 156 valence electrons. The molecule has 8 heteroatoms. The first kappa shape index (κ1) is 21.1. The highest BCUT2D eigenvalue weighted by Crippen LogP contribution is 2.36. The largest absolute Gasteiger partial charge is 0.481 e. The smallest absolute Gasteiger partial charge is 0.337 e. The average Bonchev–Trinajstić information content (AvgIpc) is 3.34. The lowest BCUT2D eigenvalue weighted by atomic mass is 9.96. The van der Waals surface area contributed by atoms with Crippen LogP contribution in [0.4, 0.5) is 0 Å². The van der Waals surface area contributed by atoms with Gasteiger partial charge in [-0.15, -0.1) is 11.3 Å². The normalized spacial score (nSPS) is 22.2. The Balaban J connectivity index is 1.55.